The molecule has 38 heavy (non-hydrogen) atoms. The van der Waals surface area contributed by atoms with E-state index in [9.17, 15) is 19.6 Å². The van der Waals surface area contributed by atoms with E-state index in [4.69, 9.17) is 9.47 Å². The van der Waals surface area contributed by atoms with Gasteiger partial charge < -0.3 is 9.47 Å². The number of rotatable bonds is 2. The van der Waals surface area contributed by atoms with Gasteiger partial charge in [-0.1, -0.05) is 47.6 Å². The van der Waals surface area contributed by atoms with Crippen molar-refractivity contribution < 1.29 is 23.9 Å². The van der Waals surface area contributed by atoms with E-state index >= 15 is 0 Å². The van der Waals surface area contributed by atoms with E-state index in [0.29, 0.717) is 6.42 Å². The van der Waals surface area contributed by atoms with Crippen LogP contribution in [0.25, 0.3) is 0 Å². The monoisotopic (exact) mass is 521 g/mol. The summed E-state index contributed by atoms with van der Waals surface area (Å²) in [5, 5.41) is 9.79. The number of hydrogen-bond acceptors (Lipinski definition) is 6. The number of hydrogen-bond donors (Lipinski definition) is 0. The fourth-order valence-corrected chi connectivity index (χ4v) is 9.14. The van der Waals surface area contributed by atoms with E-state index in [2.05, 4.69) is 40.7 Å². The third kappa shape index (κ3) is 3.49. The zero-order chi connectivity index (χ0) is 27.9. The Bertz CT molecular complexity index is 1210. The zero-order valence-corrected chi connectivity index (χ0v) is 24.2. The van der Waals surface area contributed by atoms with Gasteiger partial charge >= 0.3 is 5.97 Å². The Morgan fingerprint density at radius 3 is 2.37 bits per heavy atom. The molecule has 2 aliphatic heterocycles. The Morgan fingerprint density at radius 1 is 1.05 bits per heavy atom. The minimum Gasteiger partial charge on any atom is -0.463 e. The molecule has 206 valence electrons. The fraction of sp³-hybridized carbons (Fsp3) is 0.750. The average Bonchev–Trinajstić information content (AvgIpc) is 2.85. The Hall–Kier alpha value is -2.26. The molecule has 0 radical (unpaired) electrons. The summed E-state index contributed by atoms with van der Waals surface area (Å²) in [5.74, 6) is -0.619. The second-order valence-corrected chi connectivity index (χ2v) is 14.4. The first-order chi connectivity index (χ1) is 17.6. The van der Waals surface area contributed by atoms with Crippen LogP contribution in [0.3, 0.4) is 0 Å². The minimum atomic E-state index is -1.01. The highest BCUT2D eigenvalue weighted by atomic mass is 16.6. The number of Topliss-reactive ketones (excluding diaryl/α,β-unsaturated/α-hetero) is 1. The van der Waals surface area contributed by atoms with Gasteiger partial charge in [0.2, 0.25) is 0 Å². The minimum absolute atomic E-state index is 0.00425. The molecule has 1 saturated carbocycles. The summed E-state index contributed by atoms with van der Waals surface area (Å²) in [5.41, 5.74) is -1.75. The molecular weight excluding hydrogens is 478 g/mol. The molecule has 6 heteroatoms. The van der Waals surface area contributed by atoms with Crippen LogP contribution in [0.5, 0.6) is 0 Å². The second kappa shape index (κ2) is 8.37. The molecule has 2 saturated heterocycles. The molecule has 1 spiro atoms. The van der Waals surface area contributed by atoms with Crippen LogP contribution < -0.4 is 0 Å². The molecule has 5 rings (SSSR count). The normalized spacial score (nSPS) is 45.6. The largest absolute Gasteiger partial charge is 0.463 e. The van der Waals surface area contributed by atoms with E-state index in [-0.39, 0.29) is 52.4 Å². The number of carbonyl (C=O) groups is 3. The molecular formula is C32H43NO5. The summed E-state index contributed by atoms with van der Waals surface area (Å²) in [7, 11) is 0. The second-order valence-electron chi connectivity index (χ2n) is 14.4. The Labute approximate surface area is 227 Å². The van der Waals surface area contributed by atoms with Crippen molar-refractivity contribution in [3.63, 3.8) is 0 Å². The summed E-state index contributed by atoms with van der Waals surface area (Å²) >= 11 is 0. The lowest BCUT2D eigenvalue weighted by Crippen LogP contribution is -2.72. The average molecular weight is 522 g/mol. The van der Waals surface area contributed by atoms with Crippen molar-refractivity contribution in [3.05, 3.63) is 23.3 Å². The first kappa shape index (κ1) is 27.3. The summed E-state index contributed by atoms with van der Waals surface area (Å²) in [6.07, 6.45) is 10.1. The van der Waals surface area contributed by atoms with Crippen LogP contribution in [0.4, 0.5) is 0 Å². The third-order valence-corrected chi connectivity index (χ3v) is 12.0. The number of ether oxygens (including phenoxy) is 2. The van der Waals surface area contributed by atoms with Gasteiger partial charge in [-0.05, 0) is 79.8 Å². The zero-order valence-electron chi connectivity index (χ0n) is 24.2. The van der Waals surface area contributed by atoms with Crippen molar-refractivity contribution in [2.24, 2.45) is 33.5 Å². The van der Waals surface area contributed by atoms with E-state index in [1.807, 2.05) is 19.1 Å². The number of nitrogens with zero attached hydrogens (tertiary/aromatic N) is 1. The van der Waals surface area contributed by atoms with Crippen LogP contribution in [0.2, 0.25) is 0 Å². The predicted molar refractivity (Wildman–Crippen MR) is 143 cm³/mol. The first-order valence-corrected chi connectivity index (χ1v) is 14.4. The van der Waals surface area contributed by atoms with Crippen molar-refractivity contribution in [2.75, 3.05) is 6.61 Å². The molecule has 2 bridgehead atoms. The highest BCUT2D eigenvalue weighted by Crippen LogP contribution is 2.72. The molecule has 0 aromatic carbocycles. The summed E-state index contributed by atoms with van der Waals surface area (Å²) < 4.78 is 12.7. The molecule has 6 nitrogen and oxygen atoms in total. The SMILES string of the molecule is CC(=O)OC[C@]12CCC(C)(C)CC[C@@]3(O1)C(=O)C=C1[C@@]4(C)C=C(C#N)C(=O)[C@@H](C)[C@@H]4CC[C@@]1(C)[C@]3(C)CC2. The van der Waals surface area contributed by atoms with Gasteiger partial charge in [-0.15, -0.1) is 0 Å². The van der Waals surface area contributed by atoms with Crippen LogP contribution >= 0.6 is 0 Å². The summed E-state index contributed by atoms with van der Waals surface area (Å²) in [6.45, 7) is 14.7. The quantitative estimate of drug-likeness (QED) is 0.411. The Kier molecular flexibility index (Phi) is 6.02. The molecule has 5 aliphatic rings. The number of nitriles is 1. The summed E-state index contributed by atoms with van der Waals surface area (Å²) in [4.78, 5) is 39.3. The van der Waals surface area contributed by atoms with Crippen molar-refractivity contribution in [1.29, 1.82) is 5.26 Å². The standard InChI is InChI=1S/C32H43NO5/c1-20-23-8-9-29(6)24(28(23,5)17-22(18-33)26(20)36)16-25(35)32-15-11-27(3,4)10-13-31(38-32,19-37-21(2)34)14-12-30(29,32)7/h16-17,20,23H,8-15,19H2,1-7H3/t20-,23-,28-,29+,30-,31+,32+/m0/s1. The van der Waals surface area contributed by atoms with E-state index in [0.717, 1.165) is 50.5 Å². The van der Waals surface area contributed by atoms with Crippen LogP contribution in [0.15, 0.2) is 23.3 Å². The van der Waals surface area contributed by atoms with Gasteiger partial charge in [0.25, 0.3) is 0 Å². The lowest BCUT2D eigenvalue weighted by Gasteiger charge is -2.69. The molecule has 0 N–H and O–H groups in total. The molecule has 0 aromatic rings. The Balaban J connectivity index is 1.69. The van der Waals surface area contributed by atoms with Gasteiger partial charge in [0.1, 0.15) is 23.9 Å². The van der Waals surface area contributed by atoms with E-state index < -0.39 is 22.0 Å². The maximum atomic E-state index is 14.6. The van der Waals surface area contributed by atoms with Crippen molar-refractivity contribution in [2.45, 2.75) is 111 Å². The van der Waals surface area contributed by atoms with Crippen molar-refractivity contribution in [1.82, 2.24) is 0 Å². The number of carbonyl (C=O) groups excluding carboxylic acids is 3. The van der Waals surface area contributed by atoms with Crippen molar-refractivity contribution in [3.8, 4) is 6.07 Å². The topological polar surface area (TPSA) is 93.5 Å². The van der Waals surface area contributed by atoms with Crippen LogP contribution in [0.1, 0.15) is 99.8 Å². The number of ketones is 2. The lowest BCUT2D eigenvalue weighted by atomic mass is 9.38. The molecule has 7 atom stereocenters. The molecule has 3 fully saturated rings. The van der Waals surface area contributed by atoms with Gasteiger partial charge in [0, 0.05) is 23.7 Å². The molecule has 0 amide bonds. The predicted octanol–water partition coefficient (Wildman–Crippen LogP) is 6.04. The molecule has 0 unspecified atom stereocenters. The van der Waals surface area contributed by atoms with Crippen LogP contribution in [-0.2, 0) is 23.9 Å². The molecule has 2 heterocycles. The molecule has 3 aliphatic carbocycles. The highest BCUT2D eigenvalue weighted by Gasteiger charge is 2.72. The highest BCUT2D eigenvalue weighted by molar-refractivity contribution is 6.03. The summed E-state index contributed by atoms with van der Waals surface area (Å²) in [6, 6.07) is 2.15. The van der Waals surface area contributed by atoms with Gasteiger partial charge in [0.15, 0.2) is 11.6 Å². The Morgan fingerprint density at radius 2 is 1.71 bits per heavy atom. The van der Waals surface area contributed by atoms with E-state index in [1.54, 1.807) is 0 Å². The van der Waals surface area contributed by atoms with Gasteiger partial charge in [0.05, 0.1) is 5.57 Å². The first-order valence-electron chi connectivity index (χ1n) is 14.4. The number of esters is 1. The molecule has 0 aromatic heterocycles. The van der Waals surface area contributed by atoms with Crippen LogP contribution in [-0.4, -0.2) is 35.3 Å². The maximum absolute atomic E-state index is 14.6. The van der Waals surface area contributed by atoms with Crippen LogP contribution in [0, 0.1) is 44.8 Å². The van der Waals surface area contributed by atoms with Gasteiger partial charge in [-0.2, -0.15) is 5.26 Å². The number of fused-ring (bicyclic) bond motifs is 5. The van der Waals surface area contributed by atoms with Gasteiger partial charge in [-0.3, -0.25) is 14.4 Å². The van der Waals surface area contributed by atoms with Crippen molar-refractivity contribution >= 4 is 17.5 Å². The van der Waals surface area contributed by atoms with Gasteiger partial charge in [-0.25, -0.2) is 0 Å². The number of allylic oxidation sites excluding steroid dienone is 3. The fourth-order valence-electron chi connectivity index (χ4n) is 9.14. The maximum Gasteiger partial charge on any atom is 0.302 e. The van der Waals surface area contributed by atoms with E-state index in [1.165, 1.54) is 6.92 Å². The smallest absolute Gasteiger partial charge is 0.302 e. The third-order valence-electron chi connectivity index (χ3n) is 12.0. The lowest BCUT2D eigenvalue weighted by molar-refractivity contribution is -0.286.